The lowest BCUT2D eigenvalue weighted by Gasteiger charge is -2.29. The van der Waals surface area contributed by atoms with Crippen LogP contribution in [0.3, 0.4) is 0 Å². The molecule has 1 aliphatic rings. The number of carboxylic acid groups (broad SMARTS) is 1. The lowest BCUT2D eigenvalue weighted by Crippen LogP contribution is -2.26. The molecule has 0 amide bonds. The van der Waals surface area contributed by atoms with Crippen LogP contribution in [0.5, 0.6) is 0 Å². The molecule has 98 valence electrons. The molecule has 5 heteroatoms. The van der Waals surface area contributed by atoms with Gasteiger partial charge in [0, 0.05) is 24.4 Å². The van der Waals surface area contributed by atoms with Gasteiger partial charge in [0.05, 0.1) is 6.10 Å². The Hall–Kier alpha value is -1.62. The zero-order chi connectivity index (χ0) is 13.3. The summed E-state index contributed by atoms with van der Waals surface area (Å²) in [5.74, 6) is -1.11. The van der Waals surface area contributed by atoms with Crippen LogP contribution >= 0.6 is 0 Å². The number of rotatable bonds is 3. The van der Waals surface area contributed by atoms with Gasteiger partial charge >= 0.3 is 5.97 Å². The van der Waals surface area contributed by atoms with Crippen molar-refractivity contribution in [3.63, 3.8) is 0 Å². The Morgan fingerprint density at radius 3 is 2.78 bits per heavy atom. The highest BCUT2D eigenvalue weighted by Gasteiger charge is 2.25. The third kappa shape index (κ3) is 2.46. The minimum Gasteiger partial charge on any atom is -0.477 e. The third-order valence-corrected chi connectivity index (χ3v) is 3.33. The summed E-state index contributed by atoms with van der Waals surface area (Å²) >= 11 is 0. The van der Waals surface area contributed by atoms with Gasteiger partial charge in [0.25, 0.3) is 0 Å². The molecule has 1 N–H and O–H groups in total. The van der Waals surface area contributed by atoms with E-state index < -0.39 is 5.97 Å². The number of ether oxygens (including phenoxy) is 1. The molecular weight excluding hydrogens is 234 g/mol. The summed E-state index contributed by atoms with van der Waals surface area (Å²) in [5, 5.41) is 9.19. The van der Waals surface area contributed by atoms with Crippen LogP contribution in [-0.2, 0) is 4.74 Å². The number of nitrogens with zero attached hydrogens (tertiary/aromatic N) is 1. The van der Waals surface area contributed by atoms with E-state index in [0.717, 1.165) is 12.8 Å². The average Bonchev–Trinajstić information content (AvgIpc) is 2.73. The largest absolute Gasteiger partial charge is 0.477 e. The number of aromatic carboxylic acids is 1. The first-order chi connectivity index (χ1) is 8.49. The van der Waals surface area contributed by atoms with Crippen molar-refractivity contribution >= 4 is 11.8 Å². The van der Waals surface area contributed by atoms with Crippen LogP contribution in [0.2, 0.25) is 0 Å². The molecular formula is C13H17NO4. The van der Waals surface area contributed by atoms with Crippen molar-refractivity contribution in [2.24, 2.45) is 0 Å². The van der Waals surface area contributed by atoms with E-state index in [2.05, 4.69) is 0 Å². The van der Waals surface area contributed by atoms with Crippen LogP contribution in [0.15, 0.2) is 12.3 Å². The molecule has 2 unspecified atom stereocenters. The third-order valence-electron chi connectivity index (χ3n) is 3.33. The van der Waals surface area contributed by atoms with Crippen LogP contribution < -0.4 is 0 Å². The zero-order valence-electron chi connectivity index (χ0n) is 10.5. The molecule has 0 aromatic carbocycles. The maximum Gasteiger partial charge on any atom is 0.352 e. The smallest absolute Gasteiger partial charge is 0.352 e. The van der Waals surface area contributed by atoms with E-state index in [1.165, 1.54) is 13.0 Å². The van der Waals surface area contributed by atoms with Gasteiger partial charge in [-0.2, -0.15) is 0 Å². The van der Waals surface area contributed by atoms with E-state index >= 15 is 0 Å². The second-order valence-corrected chi connectivity index (χ2v) is 4.74. The van der Waals surface area contributed by atoms with Gasteiger partial charge in [0.1, 0.15) is 5.69 Å². The van der Waals surface area contributed by atoms with Crippen LogP contribution in [0.25, 0.3) is 0 Å². The molecule has 1 aromatic heterocycles. The van der Waals surface area contributed by atoms with Gasteiger partial charge < -0.3 is 14.4 Å². The number of carbonyl (C=O) groups is 2. The van der Waals surface area contributed by atoms with Crippen molar-refractivity contribution in [2.75, 3.05) is 6.61 Å². The SMILES string of the molecule is CC(=O)c1cc(C(=O)O)n(C2CCOC(C)C2)c1. The van der Waals surface area contributed by atoms with Gasteiger partial charge in [-0.25, -0.2) is 4.79 Å². The van der Waals surface area contributed by atoms with Gasteiger partial charge in [-0.3, -0.25) is 4.79 Å². The molecule has 0 aliphatic carbocycles. The van der Waals surface area contributed by atoms with Gasteiger partial charge in [-0.15, -0.1) is 0 Å². The van der Waals surface area contributed by atoms with E-state index in [0.29, 0.717) is 12.2 Å². The highest BCUT2D eigenvalue weighted by molar-refractivity contribution is 5.97. The molecule has 2 heterocycles. The lowest BCUT2D eigenvalue weighted by atomic mass is 10.0. The molecule has 0 spiro atoms. The fourth-order valence-corrected chi connectivity index (χ4v) is 2.37. The average molecular weight is 251 g/mol. The molecule has 1 aliphatic heterocycles. The first-order valence-corrected chi connectivity index (χ1v) is 6.06. The van der Waals surface area contributed by atoms with Crippen LogP contribution in [0.4, 0.5) is 0 Å². The van der Waals surface area contributed by atoms with Crippen molar-refractivity contribution in [1.29, 1.82) is 0 Å². The maximum atomic E-state index is 11.3. The summed E-state index contributed by atoms with van der Waals surface area (Å²) in [6.45, 7) is 4.04. The Labute approximate surface area is 105 Å². The lowest BCUT2D eigenvalue weighted by molar-refractivity contribution is 0.00511. The Bertz CT molecular complexity index is 477. The Kier molecular flexibility index (Phi) is 3.52. The van der Waals surface area contributed by atoms with E-state index in [1.54, 1.807) is 10.8 Å². The second kappa shape index (κ2) is 4.94. The minimum atomic E-state index is -0.998. The van der Waals surface area contributed by atoms with Gasteiger partial charge in [-0.1, -0.05) is 0 Å². The molecule has 1 aromatic rings. The first kappa shape index (κ1) is 12.8. The predicted molar refractivity (Wildman–Crippen MR) is 65.1 cm³/mol. The van der Waals surface area contributed by atoms with Gasteiger partial charge in [0.2, 0.25) is 0 Å². The van der Waals surface area contributed by atoms with Crippen LogP contribution in [0, 0.1) is 0 Å². The summed E-state index contributed by atoms with van der Waals surface area (Å²) in [7, 11) is 0. The number of hydrogen-bond donors (Lipinski definition) is 1. The van der Waals surface area contributed by atoms with E-state index in [4.69, 9.17) is 4.74 Å². The Morgan fingerprint density at radius 1 is 1.50 bits per heavy atom. The summed E-state index contributed by atoms with van der Waals surface area (Å²) in [4.78, 5) is 22.6. The monoisotopic (exact) mass is 251 g/mol. The van der Waals surface area contributed by atoms with E-state index in [1.807, 2.05) is 6.92 Å². The van der Waals surface area contributed by atoms with Gasteiger partial charge in [-0.05, 0) is 32.8 Å². The number of Topliss-reactive ketones (excluding diaryl/α,β-unsaturated/α-hetero) is 1. The Balaban J connectivity index is 2.35. The highest BCUT2D eigenvalue weighted by Crippen LogP contribution is 2.27. The van der Waals surface area contributed by atoms with Gasteiger partial charge in [0.15, 0.2) is 5.78 Å². The van der Waals surface area contributed by atoms with Crippen LogP contribution in [0.1, 0.15) is 53.6 Å². The topological polar surface area (TPSA) is 68.5 Å². The molecule has 5 nitrogen and oxygen atoms in total. The van der Waals surface area contributed by atoms with E-state index in [9.17, 15) is 14.7 Å². The molecule has 1 saturated heterocycles. The fourth-order valence-electron chi connectivity index (χ4n) is 2.37. The molecule has 18 heavy (non-hydrogen) atoms. The fraction of sp³-hybridized carbons (Fsp3) is 0.538. The molecule has 0 radical (unpaired) electrons. The van der Waals surface area contributed by atoms with Crippen LogP contribution in [-0.4, -0.2) is 34.1 Å². The molecule has 0 bridgehead atoms. The number of ketones is 1. The number of carbonyl (C=O) groups excluding carboxylic acids is 1. The van der Waals surface area contributed by atoms with Crippen molar-refractivity contribution < 1.29 is 19.4 Å². The molecule has 1 fully saturated rings. The summed E-state index contributed by atoms with van der Waals surface area (Å²) < 4.78 is 7.16. The Morgan fingerprint density at radius 2 is 2.22 bits per heavy atom. The first-order valence-electron chi connectivity index (χ1n) is 6.06. The minimum absolute atomic E-state index is 0.0907. The highest BCUT2D eigenvalue weighted by atomic mass is 16.5. The number of carboxylic acids is 1. The van der Waals surface area contributed by atoms with Crippen molar-refractivity contribution in [1.82, 2.24) is 4.57 Å². The summed E-state index contributed by atoms with van der Waals surface area (Å²) in [6.07, 6.45) is 3.31. The second-order valence-electron chi connectivity index (χ2n) is 4.74. The molecule has 2 atom stereocenters. The predicted octanol–water partition coefficient (Wildman–Crippen LogP) is 2.13. The number of hydrogen-bond acceptors (Lipinski definition) is 3. The van der Waals surface area contributed by atoms with Crippen molar-refractivity contribution in [3.05, 3.63) is 23.5 Å². The summed E-state index contributed by atoms with van der Waals surface area (Å²) in [5.41, 5.74) is 0.630. The quantitative estimate of drug-likeness (QED) is 0.835. The van der Waals surface area contributed by atoms with E-state index in [-0.39, 0.29) is 23.6 Å². The number of aromatic nitrogens is 1. The zero-order valence-corrected chi connectivity index (χ0v) is 10.5. The standard InChI is InChI=1S/C13H17NO4/c1-8-5-11(3-4-18-8)14-7-10(9(2)15)6-12(14)13(16)17/h6-8,11H,3-5H2,1-2H3,(H,16,17). The maximum absolute atomic E-state index is 11.3. The molecule has 2 rings (SSSR count). The van der Waals surface area contributed by atoms with Crippen molar-refractivity contribution in [3.8, 4) is 0 Å². The summed E-state index contributed by atoms with van der Waals surface area (Å²) in [6, 6.07) is 1.54. The molecule has 0 saturated carbocycles. The van der Waals surface area contributed by atoms with Crippen molar-refractivity contribution in [2.45, 2.75) is 38.8 Å². The normalized spacial score (nSPS) is 23.9.